The first-order chi connectivity index (χ1) is 11.5. The molecule has 2 aromatic carbocycles. The summed E-state index contributed by atoms with van der Waals surface area (Å²) >= 11 is 0. The molecule has 24 heavy (non-hydrogen) atoms. The third kappa shape index (κ3) is 2.60. The number of aromatic nitrogens is 1. The van der Waals surface area contributed by atoms with Crippen molar-refractivity contribution in [3.05, 3.63) is 92.1 Å². The van der Waals surface area contributed by atoms with Crippen LogP contribution in [0.2, 0.25) is 0 Å². The third-order valence-electron chi connectivity index (χ3n) is 4.15. The van der Waals surface area contributed by atoms with Crippen LogP contribution in [0.25, 0.3) is 10.9 Å². The van der Waals surface area contributed by atoms with Gasteiger partial charge in [-0.1, -0.05) is 48.5 Å². The maximum Gasteiger partial charge on any atom is 0.461 e. The van der Waals surface area contributed by atoms with Crippen molar-refractivity contribution in [3.63, 3.8) is 0 Å². The topological polar surface area (TPSA) is 91.2 Å². The normalized spacial score (nSPS) is 12.4. The van der Waals surface area contributed by atoms with Crippen molar-refractivity contribution in [3.8, 4) is 0 Å². The number of benzene rings is 2. The van der Waals surface area contributed by atoms with E-state index in [2.05, 4.69) is 0 Å². The molecule has 0 fully saturated rings. The number of aryl methyl sites for hydroxylation is 1. The number of nitrogens with zero attached hydrogens (tertiary/aromatic N) is 3. The van der Waals surface area contributed by atoms with Crippen molar-refractivity contribution in [2.24, 2.45) is 7.05 Å². The monoisotopic (exact) mass is 325 g/mol. The molecular formula is C17H15N3O4. The Kier molecular flexibility index (Phi) is 3.99. The van der Waals surface area contributed by atoms with E-state index in [1.165, 1.54) is 0 Å². The van der Waals surface area contributed by atoms with Gasteiger partial charge in [0.1, 0.15) is 5.92 Å². The van der Waals surface area contributed by atoms with E-state index in [1.54, 1.807) is 36.5 Å². The number of nitro groups is 2. The molecule has 0 aliphatic heterocycles. The standard InChI is InChI=1S/C17H15N3O4/c1-18-11-14(13-9-5-6-10-15(13)18)16(12-7-3-2-4-8-12)17(19(21)22)20(23)24/h2-11,16-17H,1H3. The molecule has 1 atom stereocenters. The van der Waals surface area contributed by atoms with Crippen LogP contribution < -0.4 is 0 Å². The lowest BCUT2D eigenvalue weighted by molar-refractivity contribution is -0.744. The molecule has 0 bridgehead atoms. The lowest BCUT2D eigenvalue weighted by atomic mass is 9.88. The lowest BCUT2D eigenvalue weighted by Crippen LogP contribution is -2.35. The highest BCUT2D eigenvalue weighted by molar-refractivity contribution is 5.85. The number of hydrogen-bond donors (Lipinski definition) is 0. The summed E-state index contributed by atoms with van der Waals surface area (Å²) < 4.78 is 1.83. The molecule has 0 amide bonds. The number of hydrogen-bond acceptors (Lipinski definition) is 4. The van der Waals surface area contributed by atoms with Gasteiger partial charge in [0.2, 0.25) is 0 Å². The van der Waals surface area contributed by atoms with Gasteiger partial charge in [-0.05, 0) is 17.2 Å². The molecule has 1 aromatic heterocycles. The molecule has 0 saturated heterocycles. The van der Waals surface area contributed by atoms with Crippen molar-refractivity contribution in [1.82, 2.24) is 4.57 Å². The Morgan fingerprint density at radius 3 is 2.12 bits per heavy atom. The Bertz CT molecular complexity index is 891. The van der Waals surface area contributed by atoms with Crippen LogP contribution in [0.15, 0.2) is 60.8 Å². The largest absolute Gasteiger partial charge is 0.461 e. The Morgan fingerprint density at radius 1 is 0.917 bits per heavy atom. The van der Waals surface area contributed by atoms with Gasteiger partial charge >= 0.3 is 6.17 Å². The van der Waals surface area contributed by atoms with Crippen LogP contribution >= 0.6 is 0 Å². The molecule has 7 nitrogen and oxygen atoms in total. The molecule has 0 saturated carbocycles. The van der Waals surface area contributed by atoms with E-state index in [9.17, 15) is 20.2 Å². The van der Waals surface area contributed by atoms with Crippen LogP contribution in [0.4, 0.5) is 0 Å². The molecule has 0 radical (unpaired) electrons. The quantitative estimate of drug-likeness (QED) is 0.409. The fraction of sp³-hybridized carbons (Fsp3) is 0.176. The minimum Gasteiger partial charge on any atom is -0.350 e. The van der Waals surface area contributed by atoms with Crippen molar-refractivity contribution in [2.45, 2.75) is 12.1 Å². The number of fused-ring (bicyclic) bond motifs is 1. The van der Waals surface area contributed by atoms with Gasteiger partial charge in [0.05, 0.1) is 9.85 Å². The molecule has 122 valence electrons. The summed E-state index contributed by atoms with van der Waals surface area (Å²) in [5.74, 6) is -0.970. The number of para-hydroxylation sites is 1. The molecule has 1 unspecified atom stereocenters. The molecular weight excluding hydrogens is 310 g/mol. The van der Waals surface area contributed by atoms with Crippen molar-refractivity contribution in [2.75, 3.05) is 0 Å². The van der Waals surface area contributed by atoms with Crippen LogP contribution in [0.1, 0.15) is 17.0 Å². The smallest absolute Gasteiger partial charge is 0.350 e. The zero-order valence-corrected chi connectivity index (χ0v) is 12.9. The first kappa shape index (κ1) is 15.7. The summed E-state index contributed by atoms with van der Waals surface area (Å²) in [6, 6.07) is 16.0. The second-order valence-electron chi connectivity index (χ2n) is 5.59. The van der Waals surface area contributed by atoms with E-state index in [1.807, 2.05) is 35.9 Å². The van der Waals surface area contributed by atoms with Gasteiger partial charge in [-0.15, -0.1) is 0 Å². The summed E-state index contributed by atoms with van der Waals surface area (Å²) in [6.45, 7) is 0. The fourth-order valence-electron chi connectivity index (χ4n) is 3.11. The summed E-state index contributed by atoms with van der Waals surface area (Å²) in [7, 11) is 1.82. The minimum atomic E-state index is -1.95. The van der Waals surface area contributed by atoms with Gasteiger partial charge in [0, 0.05) is 24.1 Å². The first-order valence-corrected chi connectivity index (χ1v) is 7.36. The molecule has 3 rings (SSSR count). The number of rotatable bonds is 5. The van der Waals surface area contributed by atoms with E-state index in [0.29, 0.717) is 11.1 Å². The van der Waals surface area contributed by atoms with Crippen LogP contribution in [-0.4, -0.2) is 20.6 Å². The lowest BCUT2D eigenvalue weighted by Gasteiger charge is -2.15. The summed E-state index contributed by atoms with van der Waals surface area (Å²) in [6.07, 6.45) is -0.208. The van der Waals surface area contributed by atoms with E-state index < -0.39 is 21.9 Å². The average Bonchev–Trinajstić information content (AvgIpc) is 2.89. The van der Waals surface area contributed by atoms with Gasteiger partial charge in [-0.25, -0.2) is 0 Å². The average molecular weight is 325 g/mol. The minimum absolute atomic E-state index is 0.548. The summed E-state index contributed by atoms with van der Waals surface area (Å²) in [5, 5.41) is 23.6. The highest BCUT2D eigenvalue weighted by atomic mass is 16.7. The summed E-state index contributed by atoms with van der Waals surface area (Å²) in [4.78, 5) is 21.2. The van der Waals surface area contributed by atoms with Gasteiger partial charge in [-0.3, -0.25) is 20.2 Å². The molecule has 0 spiro atoms. The molecule has 1 heterocycles. The Labute approximate surface area is 137 Å². The second kappa shape index (κ2) is 6.11. The van der Waals surface area contributed by atoms with Gasteiger partial charge in [0.25, 0.3) is 0 Å². The van der Waals surface area contributed by atoms with Gasteiger partial charge in [-0.2, -0.15) is 0 Å². The predicted molar refractivity (Wildman–Crippen MR) is 89.0 cm³/mol. The highest BCUT2D eigenvalue weighted by Gasteiger charge is 2.45. The van der Waals surface area contributed by atoms with Crippen LogP contribution in [0, 0.1) is 20.2 Å². The van der Waals surface area contributed by atoms with Crippen LogP contribution in [0.3, 0.4) is 0 Å². The maximum atomic E-state index is 11.4. The van der Waals surface area contributed by atoms with Gasteiger partial charge in [0.15, 0.2) is 0 Å². The van der Waals surface area contributed by atoms with Crippen molar-refractivity contribution >= 4 is 10.9 Å². The predicted octanol–water partition coefficient (Wildman–Crippen LogP) is 3.19. The van der Waals surface area contributed by atoms with E-state index in [-0.39, 0.29) is 0 Å². The zero-order chi connectivity index (χ0) is 17.3. The summed E-state index contributed by atoms with van der Waals surface area (Å²) in [5.41, 5.74) is 2.00. The maximum absolute atomic E-state index is 11.4. The second-order valence-corrected chi connectivity index (χ2v) is 5.59. The molecule has 3 aromatic rings. The van der Waals surface area contributed by atoms with Crippen molar-refractivity contribution < 1.29 is 9.85 Å². The van der Waals surface area contributed by atoms with E-state index in [0.717, 1.165) is 10.9 Å². The Morgan fingerprint density at radius 2 is 1.50 bits per heavy atom. The SMILES string of the molecule is Cn1cc(C(c2ccccc2)C([N+](=O)[O-])[N+](=O)[O-])c2ccccc21. The van der Waals surface area contributed by atoms with Gasteiger partial charge < -0.3 is 4.57 Å². The molecule has 7 heteroatoms. The Hall–Kier alpha value is -3.22. The zero-order valence-electron chi connectivity index (χ0n) is 12.9. The Balaban J connectivity index is 2.28. The fourth-order valence-corrected chi connectivity index (χ4v) is 3.11. The highest BCUT2D eigenvalue weighted by Crippen LogP contribution is 2.35. The molecule has 0 N–H and O–H groups in total. The molecule has 0 aliphatic carbocycles. The molecule has 0 aliphatic rings. The van der Waals surface area contributed by atoms with E-state index >= 15 is 0 Å². The third-order valence-corrected chi connectivity index (χ3v) is 4.15. The first-order valence-electron chi connectivity index (χ1n) is 7.36. The van der Waals surface area contributed by atoms with Crippen LogP contribution in [-0.2, 0) is 7.05 Å². The van der Waals surface area contributed by atoms with Crippen molar-refractivity contribution in [1.29, 1.82) is 0 Å². The van der Waals surface area contributed by atoms with Crippen LogP contribution in [0.5, 0.6) is 0 Å². The van der Waals surface area contributed by atoms with E-state index in [4.69, 9.17) is 0 Å².